The van der Waals surface area contributed by atoms with E-state index in [-0.39, 0.29) is 17.0 Å². The number of halogens is 1. The quantitative estimate of drug-likeness (QED) is 0.585. The standard InChI is InChI=1S/C21H25N2O.BrH/c1-23(13-15-24-16-14-23)12-10-19-20(18-7-3-2-4-8-18)17-22-11-6-5-9-21(19)22;/h2-9,11,17H,10,12-16H2,1H3;1H/q+1;/p-1. The summed E-state index contributed by atoms with van der Waals surface area (Å²) in [5.74, 6) is 0. The molecule has 3 aromatic rings. The Bertz CT molecular complexity index is 822. The van der Waals surface area contributed by atoms with Crippen molar-refractivity contribution in [1.82, 2.24) is 4.40 Å². The molecule has 0 aliphatic carbocycles. The number of morpholine rings is 1. The van der Waals surface area contributed by atoms with Crippen LogP contribution in [0.25, 0.3) is 16.6 Å². The lowest BCUT2D eigenvalue weighted by Gasteiger charge is -2.37. The second kappa shape index (κ2) is 7.73. The number of quaternary nitrogens is 1. The molecule has 132 valence electrons. The fraction of sp³-hybridized carbons (Fsp3) is 0.333. The Balaban J connectivity index is 0.00000182. The van der Waals surface area contributed by atoms with Crippen LogP contribution in [0.2, 0.25) is 0 Å². The maximum Gasteiger partial charge on any atom is 0.102 e. The number of fused-ring (bicyclic) bond motifs is 1. The Kier molecular flexibility index (Phi) is 5.62. The predicted octanol–water partition coefficient (Wildman–Crippen LogP) is 0.630. The normalized spacial score (nSPS) is 16.5. The number of hydrogen-bond acceptors (Lipinski definition) is 1. The smallest absolute Gasteiger partial charge is 0.102 e. The molecule has 1 aliphatic heterocycles. The van der Waals surface area contributed by atoms with Gasteiger partial charge in [0.15, 0.2) is 0 Å². The maximum absolute atomic E-state index is 5.55. The molecule has 0 spiro atoms. The summed E-state index contributed by atoms with van der Waals surface area (Å²) in [6.45, 7) is 5.17. The molecule has 0 bridgehead atoms. The zero-order valence-corrected chi connectivity index (χ0v) is 16.3. The van der Waals surface area contributed by atoms with Gasteiger partial charge < -0.3 is 30.6 Å². The molecule has 0 N–H and O–H groups in total. The Morgan fingerprint density at radius 2 is 1.72 bits per heavy atom. The van der Waals surface area contributed by atoms with Crippen molar-refractivity contribution in [1.29, 1.82) is 0 Å². The first kappa shape index (κ1) is 18.2. The van der Waals surface area contributed by atoms with Crippen molar-refractivity contribution in [2.75, 3.05) is 39.9 Å². The van der Waals surface area contributed by atoms with Gasteiger partial charge in [0.1, 0.15) is 13.1 Å². The fourth-order valence-corrected chi connectivity index (χ4v) is 3.70. The highest BCUT2D eigenvalue weighted by atomic mass is 79.9. The minimum atomic E-state index is 0. The van der Waals surface area contributed by atoms with E-state index in [1.807, 2.05) is 0 Å². The second-order valence-corrected chi connectivity index (χ2v) is 7.03. The molecule has 1 fully saturated rings. The second-order valence-electron chi connectivity index (χ2n) is 7.03. The van der Waals surface area contributed by atoms with Crippen LogP contribution in [0.15, 0.2) is 60.9 Å². The van der Waals surface area contributed by atoms with Crippen molar-refractivity contribution in [3.8, 4) is 11.1 Å². The van der Waals surface area contributed by atoms with Gasteiger partial charge >= 0.3 is 0 Å². The molecule has 0 atom stereocenters. The molecule has 3 nitrogen and oxygen atoms in total. The average Bonchev–Trinajstić information content (AvgIpc) is 3.00. The third-order valence-corrected chi connectivity index (χ3v) is 5.33. The number of likely N-dealkylation sites (N-methyl/N-ethyl adjacent to an activating group) is 1. The predicted molar refractivity (Wildman–Crippen MR) is 98.1 cm³/mol. The Morgan fingerprint density at radius 3 is 2.48 bits per heavy atom. The Hall–Kier alpha value is -1.62. The number of benzene rings is 1. The molecule has 4 rings (SSSR count). The van der Waals surface area contributed by atoms with Gasteiger partial charge in [-0.2, -0.15) is 0 Å². The van der Waals surface area contributed by atoms with Crippen LogP contribution in [0.1, 0.15) is 5.56 Å². The lowest BCUT2D eigenvalue weighted by Crippen LogP contribution is -3.00. The topological polar surface area (TPSA) is 13.6 Å². The zero-order valence-electron chi connectivity index (χ0n) is 14.7. The number of ether oxygens (including phenoxy) is 1. The van der Waals surface area contributed by atoms with Crippen molar-refractivity contribution >= 4 is 5.52 Å². The molecule has 0 radical (unpaired) electrons. The van der Waals surface area contributed by atoms with E-state index in [9.17, 15) is 0 Å². The van der Waals surface area contributed by atoms with Crippen molar-refractivity contribution in [3.63, 3.8) is 0 Å². The van der Waals surface area contributed by atoms with Crippen LogP contribution in [-0.4, -0.2) is 48.8 Å². The molecular formula is C21H25BrN2O. The summed E-state index contributed by atoms with van der Waals surface area (Å²) >= 11 is 0. The molecule has 0 unspecified atom stereocenters. The zero-order chi connectivity index (χ0) is 16.4. The van der Waals surface area contributed by atoms with Crippen molar-refractivity contribution in [2.45, 2.75) is 6.42 Å². The van der Waals surface area contributed by atoms with Crippen LogP contribution in [0.3, 0.4) is 0 Å². The van der Waals surface area contributed by atoms with Gasteiger partial charge in [0.2, 0.25) is 0 Å². The van der Waals surface area contributed by atoms with Gasteiger partial charge in [0.25, 0.3) is 0 Å². The van der Waals surface area contributed by atoms with Gasteiger partial charge in [-0.25, -0.2) is 0 Å². The lowest BCUT2D eigenvalue weighted by atomic mass is 10.0. The van der Waals surface area contributed by atoms with E-state index in [1.54, 1.807) is 0 Å². The van der Waals surface area contributed by atoms with Crippen molar-refractivity contribution in [3.05, 3.63) is 66.5 Å². The van der Waals surface area contributed by atoms with E-state index in [2.05, 4.69) is 72.4 Å². The highest BCUT2D eigenvalue weighted by molar-refractivity contribution is 5.76. The van der Waals surface area contributed by atoms with Gasteiger partial charge in [0, 0.05) is 29.9 Å². The Labute approximate surface area is 160 Å². The molecule has 0 amide bonds. The first-order valence-electron chi connectivity index (χ1n) is 8.80. The summed E-state index contributed by atoms with van der Waals surface area (Å²) in [5, 5.41) is 0. The maximum atomic E-state index is 5.55. The van der Waals surface area contributed by atoms with Gasteiger partial charge in [0.05, 0.1) is 26.8 Å². The SMILES string of the molecule is C[N+]1(CCc2c(-c3ccccc3)cn3ccccc23)CCOCC1.[Br-]. The van der Waals surface area contributed by atoms with E-state index in [1.165, 1.54) is 22.2 Å². The minimum Gasteiger partial charge on any atom is -1.00 e. The summed E-state index contributed by atoms with van der Waals surface area (Å²) in [6, 6.07) is 17.2. The van der Waals surface area contributed by atoms with E-state index in [0.29, 0.717) is 0 Å². The van der Waals surface area contributed by atoms with Gasteiger partial charge in [-0.15, -0.1) is 0 Å². The summed E-state index contributed by atoms with van der Waals surface area (Å²) < 4.78 is 8.92. The number of nitrogens with zero attached hydrogens (tertiary/aromatic N) is 2. The largest absolute Gasteiger partial charge is 1.00 e. The van der Waals surface area contributed by atoms with E-state index in [0.717, 1.165) is 43.8 Å². The third-order valence-electron chi connectivity index (χ3n) is 5.33. The van der Waals surface area contributed by atoms with E-state index in [4.69, 9.17) is 4.74 Å². The molecule has 0 saturated carbocycles. The van der Waals surface area contributed by atoms with Crippen molar-refractivity contribution < 1.29 is 26.2 Å². The van der Waals surface area contributed by atoms with Crippen LogP contribution >= 0.6 is 0 Å². The van der Waals surface area contributed by atoms with Crippen LogP contribution in [-0.2, 0) is 11.2 Å². The number of rotatable bonds is 4. The minimum absolute atomic E-state index is 0. The van der Waals surface area contributed by atoms with Crippen LogP contribution in [0, 0.1) is 0 Å². The lowest BCUT2D eigenvalue weighted by molar-refractivity contribution is -0.916. The summed E-state index contributed by atoms with van der Waals surface area (Å²) in [4.78, 5) is 0. The molecule has 3 heterocycles. The highest BCUT2D eigenvalue weighted by Crippen LogP contribution is 2.30. The number of hydrogen-bond donors (Lipinski definition) is 0. The number of pyridine rings is 1. The molecule has 1 aliphatic rings. The fourth-order valence-electron chi connectivity index (χ4n) is 3.70. The Morgan fingerprint density at radius 1 is 1.00 bits per heavy atom. The van der Waals surface area contributed by atoms with Gasteiger partial charge in [-0.3, -0.25) is 0 Å². The average molecular weight is 401 g/mol. The van der Waals surface area contributed by atoms with Crippen LogP contribution < -0.4 is 17.0 Å². The molecule has 1 aromatic carbocycles. The number of aromatic nitrogens is 1. The van der Waals surface area contributed by atoms with Crippen LogP contribution in [0.4, 0.5) is 0 Å². The van der Waals surface area contributed by atoms with Crippen molar-refractivity contribution in [2.24, 2.45) is 0 Å². The molecule has 4 heteroatoms. The highest BCUT2D eigenvalue weighted by Gasteiger charge is 2.26. The van der Waals surface area contributed by atoms with E-state index >= 15 is 0 Å². The summed E-state index contributed by atoms with van der Waals surface area (Å²) in [5.41, 5.74) is 5.46. The third kappa shape index (κ3) is 3.81. The molecule has 25 heavy (non-hydrogen) atoms. The van der Waals surface area contributed by atoms with E-state index < -0.39 is 0 Å². The molecule has 2 aromatic heterocycles. The first-order chi connectivity index (χ1) is 11.8. The van der Waals surface area contributed by atoms with Crippen LogP contribution in [0.5, 0.6) is 0 Å². The summed E-state index contributed by atoms with van der Waals surface area (Å²) in [6.07, 6.45) is 5.52. The molecular weight excluding hydrogens is 376 g/mol. The monoisotopic (exact) mass is 400 g/mol. The van der Waals surface area contributed by atoms with Gasteiger partial charge in [-0.1, -0.05) is 36.4 Å². The summed E-state index contributed by atoms with van der Waals surface area (Å²) in [7, 11) is 2.36. The van der Waals surface area contributed by atoms with Gasteiger partial charge in [-0.05, 0) is 23.3 Å². The first-order valence-corrected chi connectivity index (χ1v) is 8.80. The molecule has 1 saturated heterocycles.